The average Bonchev–Trinajstić information content (AvgIpc) is 2.70. The second-order valence-electron chi connectivity index (χ2n) is 3.59. The van der Waals surface area contributed by atoms with Crippen LogP contribution in [-0.2, 0) is 0 Å². The van der Waals surface area contributed by atoms with Crippen molar-refractivity contribution in [2.75, 3.05) is 19.1 Å². The Balaban J connectivity index is 2.41. The number of hydrogen-bond acceptors (Lipinski definition) is 2. The number of rotatable bonds is 4. The van der Waals surface area contributed by atoms with Crippen molar-refractivity contribution in [2.45, 2.75) is 6.04 Å². The average molecular weight is 220 g/mol. The maximum absolute atomic E-state index is 3.36. The fourth-order valence-electron chi connectivity index (χ4n) is 1.88. The van der Waals surface area contributed by atoms with Gasteiger partial charge in [-0.05, 0) is 24.9 Å². The minimum Gasteiger partial charge on any atom is -0.361 e. The van der Waals surface area contributed by atoms with Gasteiger partial charge in [0.05, 0.1) is 0 Å². The predicted molar refractivity (Wildman–Crippen MR) is 68.5 cm³/mol. The molecule has 0 saturated heterocycles. The molecule has 0 aliphatic heterocycles. The van der Waals surface area contributed by atoms with Gasteiger partial charge < -0.3 is 10.3 Å². The largest absolute Gasteiger partial charge is 0.361 e. The topological polar surface area (TPSA) is 27.8 Å². The quantitative estimate of drug-likeness (QED) is 0.829. The van der Waals surface area contributed by atoms with E-state index in [2.05, 4.69) is 47.0 Å². The molecule has 2 rings (SSSR count). The first-order valence-corrected chi connectivity index (χ1v) is 6.48. The van der Waals surface area contributed by atoms with Gasteiger partial charge in [-0.2, -0.15) is 11.8 Å². The van der Waals surface area contributed by atoms with Gasteiger partial charge in [0.1, 0.15) is 0 Å². The lowest BCUT2D eigenvalue weighted by molar-refractivity contribution is 0.667. The first-order chi connectivity index (χ1) is 7.36. The van der Waals surface area contributed by atoms with Gasteiger partial charge in [0, 0.05) is 28.9 Å². The number of aromatic amines is 1. The highest BCUT2D eigenvalue weighted by molar-refractivity contribution is 7.98. The number of nitrogens with one attached hydrogen (secondary N) is 2. The lowest BCUT2D eigenvalue weighted by atomic mass is 10.1. The summed E-state index contributed by atoms with van der Waals surface area (Å²) in [5.74, 6) is 1.10. The van der Waals surface area contributed by atoms with Gasteiger partial charge in [-0.1, -0.05) is 18.2 Å². The van der Waals surface area contributed by atoms with Crippen molar-refractivity contribution < 1.29 is 0 Å². The lowest BCUT2D eigenvalue weighted by Crippen LogP contribution is -2.18. The summed E-state index contributed by atoms with van der Waals surface area (Å²) in [5, 5.41) is 4.68. The number of H-pyrrole nitrogens is 1. The highest BCUT2D eigenvalue weighted by Gasteiger charge is 2.12. The SMILES string of the molecule is CNC(CSC)c1c[nH]c2ccccc12. The number of thioether (sulfide) groups is 1. The number of aromatic nitrogens is 1. The van der Waals surface area contributed by atoms with E-state index in [1.807, 2.05) is 18.8 Å². The molecule has 1 heterocycles. The Hall–Kier alpha value is -0.930. The van der Waals surface area contributed by atoms with Crippen molar-refractivity contribution in [3.63, 3.8) is 0 Å². The first-order valence-electron chi connectivity index (χ1n) is 5.09. The molecule has 2 aromatic rings. The Morgan fingerprint density at radius 1 is 1.40 bits per heavy atom. The molecule has 80 valence electrons. The van der Waals surface area contributed by atoms with Crippen LogP contribution < -0.4 is 5.32 Å². The molecular weight excluding hydrogens is 204 g/mol. The van der Waals surface area contributed by atoms with Crippen LogP contribution in [0.5, 0.6) is 0 Å². The predicted octanol–water partition coefficient (Wildman–Crippen LogP) is 2.79. The third kappa shape index (κ3) is 2.03. The molecule has 1 unspecified atom stereocenters. The molecule has 0 aliphatic carbocycles. The summed E-state index contributed by atoms with van der Waals surface area (Å²) in [6.45, 7) is 0. The molecule has 0 saturated carbocycles. The number of para-hydroxylation sites is 1. The van der Waals surface area contributed by atoms with Gasteiger partial charge in [-0.25, -0.2) is 0 Å². The molecular formula is C12H16N2S. The monoisotopic (exact) mass is 220 g/mol. The zero-order chi connectivity index (χ0) is 10.7. The summed E-state index contributed by atoms with van der Waals surface area (Å²) in [4.78, 5) is 3.31. The minimum atomic E-state index is 0.427. The first kappa shape index (κ1) is 10.6. The molecule has 0 aliphatic rings. The van der Waals surface area contributed by atoms with Crippen molar-refractivity contribution >= 4 is 22.7 Å². The summed E-state index contributed by atoms with van der Waals surface area (Å²) in [5.41, 5.74) is 2.58. The van der Waals surface area contributed by atoms with Crippen LogP contribution in [0.3, 0.4) is 0 Å². The van der Waals surface area contributed by atoms with Crippen LogP contribution in [0, 0.1) is 0 Å². The van der Waals surface area contributed by atoms with E-state index in [1.165, 1.54) is 16.5 Å². The maximum atomic E-state index is 3.36. The molecule has 3 heteroatoms. The minimum absolute atomic E-state index is 0.427. The van der Waals surface area contributed by atoms with E-state index < -0.39 is 0 Å². The van der Waals surface area contributed by atoms with Gasteiger partial charge in [0.15, 0.2) is 0 Å². The molecule has 0 amide bonds. The van der Waals surface area contributed by atoms with Crippen LogP contribution in [-0.4, -0.2) is 24.0 Å². The summed E-state index contributed by atoms with van der Waals surface area (Å²) < 4.78 is 0. The van der Waals surface area contributed by atoms with Gasteiger partial charge in [-0.15, -0.1) is 0 Å². The number of hydrogen-bond donors (Lipinski definition) is 2. The van der Waals surface area contributed by atoms with Gasteiger partial charge >= 0.3 is 0 Å². The molecule has 1 aromatic carbocycles. The smallest absolute Gasteiger partial charge is 0.0457 e. The molecule has 1 aromatic heterocycles. The maximum Gasteiger partial charge on any atom is 0.0457 e. The van der Waals surface area contributed by atoms with Crippen LogP contribution in [0.15, 0.2) is 30.5 Å². The molecule has 1 atom stereocenters. The van der Waals surface area contributed by atoms with Crippen LogP contribution in [0.1, 0.15) is 11.6 Å². The van der Waals surface area contributed by atoms with Gasteiger partial charge in [0.25, 0.3) is 0 Å². The van der Waals surface area contributed by atoms with E-state index in [4.69, 9.17) is 0 Å². The fraction of sp³-hybridized carbons (Fsp3) is 0.333. The molecule has 2 nitrogen and oxygen atoms in total. The number of fused-ring (bicyclic) bond motifs is 1. The lowest BCUT2D eigenvalue weighted by Gasteiger charge is -2.13. The van der Waals surface area contributed by atoms with Crippen LogP contribution >= 0.6 is 11.8 Å². The van der Waals surface area contributed by atoms with E-state index in [-0.39, 0.29) is 0 Å². The number of benzene rings is 1. The highest BCUT2D eigenvalue weighted by Crippen LogP contribution is 2.25. The Morgan fingerprint density at radius 2 is 2.20 bits per heavy atom. The standard InChI is InChI=1S/C12H16N2S/c1-13-12(8-15-2)10-7-14-11-6-4-3-5-9(10)11/h3-7,12-14H,8H2,1-2H3. The molecule has 0 radical (unpaired) electrons. The van der Waals surface area contributed by atoms with Crippen LogP contribution in [0.25, 0.3) is 10.9 Å². The molecule has 0 fully saturated rings. The van der Waals surface area contributed by atoms with Gasteiger partial charge in [-0.3, -0.25) is 0 Å². The van der Waals surface area contributed by atoms with E-state index in [1.54, 1.807) is 0 Å². The van der Waals surface area contributed by atoms with Crippen molar-refractivity contribution in [1.82, 2.24) is 10.3 Å². The molecule has 0 spiro atoms. The normalized spacial score (nSPS) is 13.2. The highest BCUT2D eigenvalue weighted by atomic mass is 32.2. The summed E-state index contributed by atoms with van der Waals surface area (Å²) in [6, 6.07) is 8.87. The Morgan fingerprint density at radius 3 is 2.93 bits per heavy atom. The van der Waals surface area contributed by atoms with Crippen LogP contribution in [0.2, 0.25) is 0 Å². The zero-order valence-electron chi connectivity index (χ0n) is 9.08. The molecule has 15 heavy (non-hydrogen) atoms. The Bertz CT molecular complexity index is 436. The van der Waals surface area contributed by atoms with Crippen molar-refractivity contribution in [3.05, 3.63) is 36.0 Å². The van der Waals surface area contributed by atoms with Crippen molar-refractivity contribution in [3.8, 4) is 0 Å². The van der Waals surface area contributed by atoms with Crippen molar-refractivity contribution in [2.24, 2.45) is 0 Å². The van der Waals surface area contributed by atoms with Gasteiger partial charge in [0.2, 0.25) is 0 Å². The summed E-state index contributed by atoms with van der Waals surface area (Å²) in [6.07, 6.45) is 4.25. The summed E-state index contributed by atoms with van der Waals surface area (Å²) >= 11 is 1.86. The third-order valence-electron chi connectivity index (χ3n) is 2.68. The van der Waals surface area contributed by atoms with Crippen molar-refractivity contribution in [1.29, 1.82) is 0 Å². The van der Waals surface area contributed by atoms with E-state index >= 15 is 0 Å². The Kier molecular flexibility index (Phi) is 3.34. The van der Waals surface area contributed by atoms with E-state index in [9.17, 15) is 0 Å². The zero-order valence-corrected chi connectivity index (χ0v) is 9.90. The second-order valence-corrected chi connectivity index (χ2v) is 4.50. The molecule has 2 N–H and O–H groups in total. The van der Waals surface area contributed by atoms with Crippen LogP contribution in [0.4, 0.5) is 0 Å². The second kappa shape index (κ2) is 4.73. The Labute approximate surface area is 94.5 Å². The molecule has 0 bridgehead atoms. The third-order valence-corrected chi connectivity index (χ3v) is 3.35. The summed E-state index contributed by atoms with van der Waals surface area (Å²) in [7, 11) is 2.02. The van der Waals surface area contributed by atoms with E-state index in [0.717, 1.165) is 5.75 Å². The fourth-order valence-corrected chi connectivity index (χ4v) is 2.56. The van der Waals surface area contributed by atoms with E-state index in [0.29, 0.717) is 6.04 Å².